The first kappa shape index (κ1) is 18.6. The Hall–Kier alpha value is -2.77. The van der Waals surface area contributed by atoms with E-state index in [4.69, 9.17) is 0 Å². The van der Waals surface area contributed by atoms with Gasteiger partial charge in [0.2, 0.25) is 11.6 Å². The highest BCUT2D eigenvalue weighted by molar-refractivity contribution is 5.74. The Balaban J connectivity index is 1.72. The van der Waals surface area contributed by atoms with Gasteiger partial charge in [-0.15, -0.1) is 0 Å². The molecule has 4 rings (SSSR count). The van der Waals surface area contributed by atoms with E-state index in [1.54, 1.807) is 12.3 Å². The molecule has 0 aromatic carbocycles. The maximum Gasteiger partial charge on any atom is 0.353 e. The van der Waals surface area contributed by atoms with Crippen LogP contribution >= 0.6 is 0 Å². The maximum absolute atomic E-state index is 12.0. The quantitative estimate of drug-likeness (QED) is 0.624. The van der Waals surface area contributed by atoms with Gasteiger partial charge in [-0.2, -0.15) is 0 Å². The van der Waals surface area contributed by atoms with Crippen molar-refractivity contribution in [2.75, 3.05) is 16.8 Å². The van der Waals surface area contributed by atoms with E-state index in [0.29, 0.717) is 11.6 Å². The molecule has 3 heterocycles. The lowest BCUT2D eigenvalue weighted by Gasteiger charge is -2.39. The average Bonchev–Trinajstić information content (AvgIpc) is 2.85. The molecule has 2 aromatic rings. The smallest absolute Gasteiger partial charge is 0.347 e. The van der Waals surface area contributed by atoms with Gasteiger partial charge in [0.1, 0.15) is 12.1 Å². The first-order chi connectivity index (χ1) is 13.2. The van der Waals surface area contributed by atoms with E-state index < -0.39 is 0 Å². The summed E-state index contributed by atoms with van der Waals surface area (Å²) < 4.78 is 0. The second kappa shape index (κ2) is 6.39. The molecule has 2 bridgehead atoms. The fourth-order valence-corrected chi connectivity index (χ4v) is 5.21. The number of nitrogens with zero attached hydrogens (tertiary/aromatic N) is 5. The molecule has 2 fully saturated rings. The van der Waals surface area contributed by atoms with Crippen molar-refractivity contribution >= 4 is 23.1 Å². The normalized spacial score (nSPS) is 25.6. The zero-order valence-electron chi connectivity index (χ0n) is 16.8. The molecule has 2 unspecified atom stereocenters. The number of hydrogen-bond donors (Lipinski definition) is 1. The molecule has 2 aliphatic rings. The zero-order valence-corrected chi connectivity index (χ0v) is 16.8. The van der Waals surface area contributed by atoms with Crippen molar-refractivity contribution in [1.82, 2.24) is 15.0 Å². The second-order valence-corrected chi connectivity index (χ2v) is 9.34. The number of fused-ring (bicyclic) bond motifs is 2. The highest BCUT2D eigenvalue weighted by atomic mass is 16.6. The molecule has 1 saturated carbocycles. The van der Waals surface area contributed by atoms with E-state index in [0.717, 1.165) is 31.4 Å². The maximum atomic E-state index is 12.0. The standard InChI is InChI=1S/C20H26N6O2/c1-13-5-6-15(21-9-13)24-17-16(26(27)28)18(23-12-22-17)25-11-20(4)8-14(25)7-19(2,3)10-20/h5-6,9,12,14H,7-8,10-11H2,1-4H3,(H,21,22,23,24). The van der Waals surface area contributed by atoms with Gasteiger partial charge in [-0.25, -0.2) is 15.0 Å². The molecule has 1 saturated heterocycles. The van der Waals surface area contributed by atoms with Crippen molar-refractivity contribution in [2.45, 2.75) is 53.0 Å². The molecule has 2 aromatic heterocycles. The lowest BCUT2D eigenvalue weighted by atomic mass is 9.65. The van der Waals surface area contributed by atoms with Crippen LogP contribution in [-0.2, 0) is 0 Å². The van der Waals surface area contributed by atoms with Crippen LogP contribution in [0.5, 0.6) is 0 Å². The third-order valence-corrected chi connectivity index (χ3v) is 5.83. The summed E-state index contributed by atoms with van der Waals surface area (Å²) in [6.07, 6.45) is 6.27. The van der Waals surface area contributed by atoms with Crippen molar-refractivity contribution in [2.24, 2.45) is 10.8 Å². The topological polar surface area (TPSA) is 97.1 Å². The Morgan fingerprint density at radius 2 is 2.00 bits per heavy atom. The van der Waals surface area contributed by atoms with Crippen molar-refractivity contribution in [3.63, 3.8) is 0 Å². The second-order valence-electron chi connectivity index (χ2n) is 9.34. The summed E-state index contributed by atoms with van der Waals surface area (Å²) in [6.45, 7) is 9.57. The third-order valence-electron chi connectivity index (χ3n) is 5.83. The predicted octanol–water partition coefficient (Wildman–Crippen LogP) is 4.24. The first-order valence-corrected chi connectivity index (χ1v) is 9.62. The number of aryl methyl sites for hydroxylation is 1. The molecule has 0 radical (unpaired) electrons. The van der Waals surface area contributed by atoms with Gasteiger partial charge >= 0.3 is 5.69 Å². The number of rotatable bonds is 4. The molecule has 0 spiro atoms. The number of nitrogens with one attached hydrogen (secondary N) is 1. The number of pyridine rings is 1. The lowest BCUT2D eigenvalue weighted by Crippen LogP contribution is -2.35. The minimum absolute atomic E-state index is 0.0844. The SMILES string of the molecule is Cc1ccc(Nc2ncnc(N3CC4(C)CC3CC(C)(C)C4)c2[N+](=O)[O-])nc1. The monoisotopic (exact) mass is 382 g/mol. The van der Waals surface area contributed by atoms with Crippen molar-refractivity contribution in [1.29, 1.82) is 0 Å². The molecule has 2 atom stereocenters. The molecule has 0 amide bonds. The summed E-state index contributed by atoms with van der Waals surface area (Å²) in [6, 6.07) is 3.94. The van der Waals surface area contributed by atoms with Crippen LogP contribution in [0.25, 0.3) is 0 Å². The lowest BCUT2D eigenvalue weighted by molar-refractivity contribution is -0.383. The molecule has 148 valence electrons. The summed E-state index contributed by atoms with van der Waals surface area (Å²) in [5, 5.41) is 15.0. The molecule has 28 heavy (non-hydrogen) atoms. The van der Waals surface area contributed by atoms with E-state index in [1.165, 1.54) is 6.33 Å². The van der Waals surface area contributed by atoms with E-state index in [-0.39, 0.29) is 33.3 Å². The highest BCUT2D eigenvalue weighted by Gasteiger charge is 2.51. The van der Waals surface area contributed by atoms with Crippen LogP contribution in [0.2, 0.25) is 0 Å². The van der Waals surface area contributed by atoms with Gasteiger partial charge in [-0.05, 0) is 48.6 Å². The van der Waals surface area contributed by atoms with Crippen LogP contribution in [0, 0.1) is 27.9 Å². The van der Waals surface area contributed by atoms with Gasteiger partial charge in [0.05, 0.1) is 4.92 Å². The first-order valence-electron chi connectivity index (χ1n) is 9.62. The van der Waals surface area contributed by atoms with Crippen LogP contribution in [-0.4, -0.2) is 32.5 Å². The zero-order chi connectivity index (χ0) is 20.1. The Morgan fingerprint density at radius 3 is 2.68 bits per heavy atom. The van der Waals surface area contributed by atoms with Crippen molar-refractivity contribution in [3.8, 4) is 0 Å². The summed E-state index contributed by atoms with van der Waals surface area (Å²) in [5.74, 6) is 1.10. The fraction of sp³-hybridized carbons (Fsp3) is 0.550. The van der Waals surface area contributed by atoms with Gasteiger partial charge < -0.3 is 10.2 Å². The molecule has 1 N–H and O–H groups in total. The van der Waals surface area contributed by atoms with E-state index >= 15 is 0 Å². The minimum atomic E-state index is -0.387. The molecular formula is C20H26N6O2. The van der Waals surface area contributed by atoms with E-state index in [2.05, 4.69) is 45.9 Å². The van der Waals surface area contributed by atoms with Crippen LogP contribution in [0.4, 0.5) is 23.1 Å². The average molecular weight is 382 g/mol. The largest absolute Gasteiger partial charge is 0.353 e. The summed E-state index contributed by atoms with van der Waals surface area (Å²) in [4.78, 5) is 26.5. The Kier molecular flexibility index (Phi) is 4.24. The molecule has 1 aliphatic carbocycles. The van der Waals surface area contributed by atoms with Gasteiger partial charge in [-0.1, -0.05) is 26.8 Å². The Labute approximate surface area is 164 Å². The molecule has 1 aliphatic heterocycles. The van der Waals surface area contributed by atoms with Crippen LogP contribution in [0.1, 0.15) is 45.6 Å². The number of nitro groups is 1. The summed E-state index contributed by atoms with van der Waals surface area (Å²) >= 11 is 0. The molecule has 8 nitrogen and oxygen atoms in total. The third kappa shape index (κ3) is 3.39. The summed E-state index contributed by atoms with van der Waals surface area (Å²) in [5.41, 5.74) is 1.31. The highest BCUT2D eigenvalue weighted by Crippen LogP contribution is 2.54. The van der Waals surface area contributed by atoms with Gasteiger partial charge in [0, 0.05) is 18.8 Å². The number of anilines is 3. The van der Waals surface area contributed by atoms with Gasteiger partial charge in [0.15, 0.2) is 0 Å². The Morgan fingerprint density at radius 1 is 1.21 bits per heavy atom. The van der Waals surface area contributed by atoms with Crippen molar-refractivity contribution in [3.05, 3.63) is 40.3 Å². The van der Waals surface area contributed by atoms with E-state index in [9.17, 15) is 10.1 Å². The van der Waals surface area contributed by atoms with Crippen LogP contribution < -0.4 is 10.2 Å². The van der Waals surface area contributed by atoms with Crippen molar-refractivity contribution < 1.29 is 4.92 Å². The predicted molar refractivity (Wildman–Crippen MR) is 108 cm³/mol. The van der Waals surface area contributed by atoms with Crippen LogP contribution in [0.15, 0.2) is 24.7 Å². The number of aromatic nitrogens is 3. The number of hydrogen-bond acceptors (Lipinski definition) is 7. The molecule has 8 heteroatoms. The van der Waals surface area contributed by atoms with Gasteiger partial charge in [-0.3, -0.25) is 10.1 Å². The summed E-state index contributed by atoms with van der Waals surface area (Å²) in [7, 11) is 0. The van der Waals surface area contributed by atoms with E-state index in [1.807, 2.05) is 13.0 Å². The van der Waals surface area contributed by atoms with Crippen LogP contribution in [0.3, 0.4) is 0 Å². The van der Waals surface area contributed by atoms with Gasteiger partial charge in [0.25, 0.3) is 0 Å². The Bertz CT molecular complexity index is 913. The fourth-order valence-electron chi connectivity index (χ4n) is 5.21. The minimum Gasteiger partial charge on any atom is -0.347 e. The molecular weight excluding hydrogens is 356 g/mol.